The summed E-state index contributed by atoms with van der Waals surface area (Å²) in [7, 11) is 0. The van der Waals surface area contributed by atoms with Gasteiger partial charge in [0.1, 0.15) is 5.82 Å². The zero-order valence-corrected chi connectivity index (χ0v) is 10.1. The number of halogens is 1. The molecule has 0 unspecified atom stereocenters. The molecule has 3 nitrogen and oxygen atoms in total. The topological polar surface area (TPSA) is 34.9 Å². The number of aromatic nitrogens is 2. The second kappa shape index (κ2) is 4.65. The molecule has 1 heterocycles. The molecule has 3 rings (SSSR count). The zero-order valence-electron chi connectivity index (χ0n) is 10.1. The molecule has 2 aromatic carbocycles. The van der Waals surface area contributed by atoms with Gasteiger partial charge in [0.15, 0.2) is 0 Å². The summed E-state index contributed by atoms with van der Waals surface area (Å²) < 4.78 is 14.5. The molecule has 94 valence electrons. The maximum Gasteiger partial charge on any atom is 0.269 e. The van der Waals surface area contributed by atoms with Crippen LogP contribution in [0.1, 0.15) is 5.56 Å². The highest BCUT2D eigenvalue weighted by molar-refractivity contribution is 5.74. The van der Waals surface area contributed by atoms with Gasteiger partial charge in [0.05, 0.1) is 23.8 Å². The van der Waals surface area contributed by atoms with Crippen molar-refractivity contribution >= 4 is 11.0 Å². The molecular formula is C15H11FN2O. The van der Waals surface area contributed by atoms with Gasteiger partial charge in [0, 0.05) is 0 Å². The van der Waals surface area contributed by atoms with Crippen LogP contribution in [0.25, 0.3) is 11.0 Å². The van der Waals surface area contributed by atoms with E-state index in [9.17, 15) is 9.18 Å². The first-order valence-electron chi connectivity index (χ1n) is 5.93. The number of rotatable bonds is 2. The fourth-order valence-corrected chi connectivity index (χ4v) is 2.05. The Balaban J connectivity index is 2.12. The fourth-order valence-electron chi connectivity index (χ4n) is 2.05. The second-order valence-electron chi connectivity index (χ2n) is 4.30. The molecule has 0 spiro atoms. The summed E-state index contributed by atoms with van der Waals surface area (Å²) in [6, 6.07) is 13.6. The molecule has 0 atom stereocenters. The molecule has 0 saturated carbocycles. The first-order valence-corrected chi connectivity index (χ1v) is 5.93. The average Bonchev–Trinajstić information content (AvgIpc) is 2.44. The van der Waals surface area contributed by atoms with Crippen LogP contribution < -0.4 is 5.56 Å². The minimum Gasteiger partial charge on any atom is -0.301 e. The summed E-state index contributed by atoms with van der Waals surface area (Å²) in [5.41, 5.74) is 2.26. The van der Waals surface area contributed by atoms with E-state index in [1.807, 2.05) is 24.3 Å². The maximum absolute atomic E-state index is 12.9. The molecular weight excluding hydrogens is 243 g/mol. The molecule has 0 radical (unpaired) electrons. The largest absolute Gasteiger partial charge is 0.301 e. The Kier molecular flexibility index (Phi) is 2.83. The van der Waals surface area contributed by atoms with E-state index in [-0.39, 0.29) is 11.4 Å². The third kappa shape index (κ3) is 2.25. The minimum atomic E-state index is -0.282. The number of para-hydroxylation sites is 2. The van der Waals surface area contributed by atoms with Crippen molar-refractivity contribution in [1.29, 1.82) is 0 Å². The summed E-state index contributed by atoms with van der Waals surface area (Å²) in [6.07, 6.45) is 1.31. The summed E-state index contributed by atoms with van der Waals surface area (Å²) in [5, 5.41) is 0. The van der Waals surface area contributed by atoms with Crippen molar-refractivity contribution in [3.8, 4) is 0 Å². The molecule has 0 amide bonds. The molecule has 0 bridgehead atoms. The molecule has 3 aromatic rings. The van der Waals surface area contributed by atoms with Gasteiger partial charge in [0.2, 0.25) is 0 Å². The Bertz CT molecular complexity index is 778. The van der Waals surface area contributed by atoms with Gasteiger partial charge < -0.3 is 4.57 Å². The van der Waals surface area contributed by atoms with Gasteiger partial charge in [-0.2, -0.15) is 0 Å². The van der Waals surface area contributed by atoms with E-state index in [4.69, 9.17) is 0 Å². The van der Waals surface area contributed by atoms with Gasteiger partial charge in [-0.05, 0) is 29.8 Å². The van der Waals surface area contributed by atoms with Gasteiger partial charge in [-0.25, -0.2) is 9.37 Å². The lowest BCUT2D eigenvalue weighted by molar-refractivity contribution is 0.626. The smallest absolute Gasteiger partial charge is 0.269 e. The summed E-state index contributed by atoms with van der Waals surface area (Å²) in [6.45, 7) is 0.405. The van der Waals surface area contributed by atoms with Gasteiger partial charge in [-0.15, -0.1) is 0 Å². The Morgan fingerprint density at radius 2 is 1.79 bits per heavy atom. The standard InChI is InChI=1S/C15H11FN2O/c16-12-7-5-11(6-8-12)10-18-14-4-2-1-3-13(14)17-9-15(18)19/h1-9H,10H2. The molecule has 4 heteroatoms. The molecule has 0 aliphatic rings. The lowest BCUT2D eigenvalue weighted by Gasteiger charge is -2.09. The first-order chi connectivity index (χ1) is 9.24. The Morgan fingerprint density at radius 1 is 1.05 bits per heavy atom. The van der Waals surface area contributed by atoms with Crippen molar-refractivity contribution in [3.63, 3.8) is 0 Å². The molecule has 1 aromatic heterocycles. The fraction of sp³-hybridized carbons (Fsp3) is 0.0667. The Labute approximate surface area is 109 Å². The molecule has 0 saturated heterocycles. The van der Waals surface area contributed by atoms with Gasteiger partial charge >= 0.3 is 0 Å². The second-order valence-corrected chi connectivity index (χ2v) is 4.30. The van der Waals surface area contributed by atoms with E-state index in [1.165, 1.54) is 18.3 Å². The number of hydrogen-bond donors (Lipinski definition) is 0. The summed E-state index contributed by atoms with van der Waals surface area (Å²) in [5.74, 6) is -0.282. The van der Waals surface area contributed by atoms with E-state index in [2.05, 4.69) is 4.98 Å². The Morgan fingerprint density at radius 3 is 2.58 bits per heavy atom. The van der Waals surface area contributed by atoms with Crippen LogP contribution in [0.5, 0.6) is 0 Å². The van der Waals surface area contributed by atoms with E-state index in [0.717, 1.165) is 16.6 Å². The van der Waals surface area contributed by atoms with Crippen LogP contribution in [-0.2, 0) is 6.54 Å². The molecule has 19 heavy (non-hydrogen) atoms. The summed E-state index contributed by atoms with van der Waals surface area (Å²) >= 11 is 0. The highest BCUT2D eigenvalue weighted by Crippen LogP contribution is 2.11. The Hall–Kier alpha value is -2.49. The van der Waals surface area contributed by atoms with E-state index in [1.54, 1.807) is 16.7 Å². The van der Waals surface area contributed by atoms with Crippen molar-refractivity contribution < 1.29 is 4.39 Å². The summed E-state index contributed by atoms with van der Waals surface area (Å²) in [4.78, 5) is 16.0. The van der Waals surface area contributed by atoms with Crippen LogP contribution in [0.4, 0.5) is 4.39 Å². The van der Waals surface area contributed by atoms with Crippen molar-refractivity contribution in [3.05, 3.63) is 76.5 Å². The van der Waals surface area contributed by atoms with Crippen molar-refractivity contribution in [2.24, 2.45) is 0 Å². The van der Waals surface area contributed by atoms with Gasteiger partial charge in [0.25, 0.3) is 5.56 Å². The van der Waals surface area contributed by atoms with Crippen LogP contribution in [0.3, 0.4) is 0 Å². The van der Waals surface area contributed by atoms with Crippen molar-refractivity contribution in [1.82, 2.24) is 9.55 Å². The average molecular weight is 254 g/mol. The maximum atomic E-state index is 12.9. The van der Waals surface area contributed by atoms with Crippen LogP contribution in [0.15, 0.2) is 59.5 Å². The monoisotopic (exact) mass is 254 g/mol. The lowest BCUT2D eigenvalue weighted by Crippen LogP contribution is -2.21. The molecule has 0 fully saturated rings. The SMILES string of the molecule is O=c1cnc2ccccc2n1Cc1ccc(F)cc1. The van der Waals surface area contributed by atoms with Crippen molar-refractivity contribution in [2.45, 2.75) is 6.54 Å². The highest BCUT2D eigenvalue weighted by atomic mass is 19.1. The minimum absolute atomic E-state index is 0.164. The van der Waals surface area contributed by atoms with Crippen LogP contribution >= 0.6 is 0 Å². The number of fused-ring (bicyclic) bond motifs is 1. The van der Waals surface area contributed by atoms with Crippen LogP contribution in [0.2, 0.25) is 0 Å². The van der Waals surface area contributed by atoms with Gasteiger partial charge in [-0.3, -0.25) is 4.79 Å². The van der Waals surface area contributed by atoms with Gasteiger partial charge in [-0.1, -0.05) is 24.3 Å². The molecule has 0 aliphatic heterocycles. The number of nitrogens with zero attached hydrogens (tertiary/aromatic N) is 2. The predicted molar refractivity (Wildman–Crippen MR) is 71.5 cm³/mol. The van der Waals surface area contributed by atoms with E-state index < -0.39 is 0 Å². The quantitative estimate of drug-likeness (QED) is 0.704. The van der Waals surface area contributed by atoms with Crippen LogP contribution in [-0.4, -0.2) is 9.55 Å². The molecule has 0 N–H and O–H groups in total. The predicted octanol–water partition coefficient (Wildman–Crippen LogP) is 2.58. The number of benzene rings is 2. The lowest BCUT2D eigenvalue weighted by atomic mass is 10.2. The third-order valence-corrected chi connectivity index (χ3v) is 3.01. The molecule has 0 aliphatic carbocycles. The van der Waals surface area contributed by atoms with Crippen LogP contribution in [0, 0.1) is 5.82 Å². The van der Waals surface area contributed by atoms with E-state index >= 15 is 0 Å². The van der Waals surface area contributed by atoms with Crippen molar-refractivity contribution in [2.75, 3.05) is 0 Å². The first kappa shape index (κ1) is 11.6. The zero-order chi connectivity index (χ0) is 13.2. The third-order valence-electron chi connectivity index (χ3n) is 3.01. The number of hydrogen-bond acceptors (Lipinski definition) is 2. The van der Waals surface area contributed by atoms with E-state index in [0.29, 0.717) is 6.54 Å². The highest BCUT2D eigenvalue weighted by Gasteiger charge is 2.04. The normalized spacial score (nSPS) is 10.8.